The minimum Gasteiger partial charge on any atom is -0.352 e. The number of benzene rings is 1. The van der Waals surface area contributed by atoms with Gasteiger partial charge in [-0.15, -0.1) is 0 Å². The monoisotopic (exact) mass is 271 g/mol. The minimum atomic E-state index is -0.130. The van der Waals surface area contributed by atoms with Crippen LogP contribution in [0.25, 0.3) is 6.08 Å². The van der Waals surface area contributed by atoms with E-state index in [-0.39, 0.29) is 5.91 Å². The SMILES string of the molecule is CC(C)CNC(=O)/C=C/c1cccc(Cl)c1Cl. The fraction of sp³-hybridized carbons (Fsp3) is 0.308. The molecule has 0 radical (unpaired) electrons. The van der Waals surface area contributed by atoms with Gasteiger partial charge in [0.05, 0.1) is 10.0 Å². The van der Waals surface area contributed by atoms with Crippen LogP contribution in [0.5, 0.6) is 0 Å². The molecule has 0 aliphatic rings. The maximum absolute atomic E-state index is 11.4. The van der Waals surface area contributed by atoms with Crippen molar-refractivity contribution in [2.75, 3.05) is 6.54 Å². The van der Waals surface area contributed by atoms with Crippen LogP contribution in [0.4, 0.5) is 0 Å². The highest BCUT2D eigenvalue weighted by atomic mass is 35.5. The zero-order chi connectivity index (χ0) is 12.8. The maximum Gasteiger partial charge on any atom is 0.244 e. The lowest BCUT2D eigenvalue weighted by Gasteiger charge is -2.04. The third-order valence-electron chi connectivity index (χ3n) is 2.08. The van der Waals surface area contributed by atoms with Gasteiger partial charge in [-0.05, 0) is 23.6 Å². The van der Waals surface area contributed by atoms with Crippen LogP contribution >= 0.6 is 23.2 Å². The summed E-state index contributed by atoms with van der Waals surface area (Å²) in [4.78, 5) is 11.4. The molecule has 0 saturated heterocycles. The topological polar surface area (TPSA) is 29.1 Å². The first-order valence-corrected chi connectivity index (χ1v) is 6.16. The molecule has 0 aromatic heterocycles. The van der Waals surface area contributed by atoms with Crippen molar-refractivity contribution in [2.24, 2.45) is 5.92 Å². The maximum atomic E-state index is 11.4. The number of halogens is 2. The highest BCUT2D eigenvalue weighted by Gasteiger charge is 2.02. The predicted octanol–water partition coefficient (Wildman–Crippen LogP) is 3.78. The Balaban J connectivity index is 2.64. The van der Waals surface area contributed by atoms with Crippen molar-refractivity contribution < 1.29 is 4.79 Å². The lowest BCUT2D eigenvalue weighted by Crippen LogP contribution is -2.25. The highest BCUT2D eigenvalue weighted by molar-refractivity contribution is 6.42. The molecule has 0 fully saturated rings. The third-order valence-corrected chi connectivity index (χ3v) is 2.91. The van der Waals surface area contributed by atoms with Gasteiger partial charge in [0, 0.05) is 12.6 Å². The minimum absolute atomic E-state index is 0.130. The molecule has 0 spiro atoms. The molecule has 0 atom stereocenters. The summed E-state index contributed by atoms with van der Waals surface area (Å²) in [6.45, 7) is 4.74. The molecule has 1 aromatic carbocycles. The summed E-state index contributed by atoms with van der Waals surface area (Å²) in [6.07, 6.45) is 3.11. The van der Waals surface area contributed by atoms with E-state index in [1.54, 1.807) is 24.3 Å². The van der Waals surface area contributed by atoms with Crippen molar-refractivity contribution in [3.63, 3.8) is 0 Å². The van der Waals surface area contributed by atoms with Gasteiger partial charge in [0.2, 0.25) is 5.91 Å². The van der Waals surface area contributed by atoms with Crippen LogP contribution < -0.4 is 5.32 Å². The summed E-state index contributed by atoms with van der Waals surface area (Å²) in [6, 6.07) is 5.31. The molecule has 1 aromatic rings. The smallest absolute Gasteiger partial charge is 0.244 e. The van der Waals surface area contributed by atoms with Crippen molar-refractivity contribution in [1.82, 2.24) is 5.32 Å². The molecule has 17 heavy (non-hydrogen) atoms. The van der Waals surface area contributed by atoms with Crippen LogP contribution in [-0.4, -0.2) is 12.5 Å². The van der Waals surface area contributed by atoms with Gasteiger partial charge in [-0.3, -0.25) is 4.79 Å². The van der Waals surface area contributed by atoms with Gasteiger partial charge in [0.15, 0.2) is 0 Å². The zero-order valence-corrected chi connectivity index (χ0v) is 11.3. The number of hydrogen-bond donors (Lipinski definition) is 1. The predicted molar refractivity (Wildman–Crippen MR) is 73.3 cm³/mol. The molecule has 92 valence electrons. The molecule has 0 bridgehead atoms. The largest absolute Gasteiger partial charge is 0.352 e. The quantitative estimate of drug-likeness (QED) is 0.830. The Labute approximate surface area is 112 Å². The van der Waals surface area contributed by atoms with E-state index in [9.17, 15) is 4.79 Å². The molecule has 1 N–H and O–H groups in total. The van der Waals surface area contributed by atoms with E-state index in [1.165, 1.54) is 6.08 Å². The lowest BCUT2D eigenvalue weighted by molar-refractivity contribution is -0.116. The summed E-state index contributed by atoms with van der Waals surface area (Å²) >= 11 is 11.9. The van der Waals surface area contributed by atoms with Crippen LogP contribution in [-0.2, 0) is 4.79 Å². The fourth-order valence-corrected chi connectivity index (χ4v) is 1.55. The summed E-state index contributed by atoms with van der Waals surface area (Å²) in [7, 11) is 0. The van der Waals surface area contributed by atoms with Crippen LogP contribution in [0.2, 0.25) is 10.0 Å². The molecular formula is C13H15Cl2NO. The van der Waals surface area contributed by atoms with E-state index in [2.05, 4.69) is 5.32 Å². The average molecular weight is 272 g/mol. The van der Waals surface area contributed by atoms with Gasteiger partial charge in [-0.2, -0.15) is 0 Å². The van der Waals surface area contributed by atoms with Crippen LogP contribution in [0.3, 0.4) is 0 Å². The Hall–Kier alpha value is -0.990. The molecular weight excluding hydrogens is 257 g/mol. The van der Waals surface area contributed by atoms with E-state index < -0.39 is 0 Å². The van der Waals surface area contributed by atoms with E-state index in [1.807, 2.05) is 13.8 Å². The normalized spacial score (nSPS) is 11.1. The van der Waals surface area contributed by atoms with E-state index in [0.29, 0.717) is 22.5 Å². The number of rotatable bonds is 4. The van der Waals surface area contributed by atoms with Gasteiger partial charge in [-0.1, -0.05) is 49.2 Å². The Morgan fingerprint density at radius 3 is 2.76 bits per heavy atom. The van der Waals surface area contributed by atoms with Crippen LogP contribution in [0.1, 0.15) is 19.4 Å². The van der Waals surface area contributed by atoms with Gasteiger partial charge < -0.3 is 5.32 Å². The molecule has 0 aliphatic carbocycles. The van der Waals surface area contributed by atoms with Gasteiger partial charge in [0.1, 0.15) is 0 Å². The van der Waals surface area contributed by atoms with Gasteiger partial charge in [0.25, 0.3) is 0 Å². The number of carbonyl (C=O) groups is 1. The second kappa shape index (κ2) is 6.67. The molecule has 0 saturated carbocycles. The first-order chi connectivity index (χ1) is 8.00. The van der Waals surface area contributed by atoms with Crippen molar-refractivity contribution in [2.45, 2.75) is 13.8 Å². The van der Waals surface area contributed by atoms with Gasteiger partial charge in [-0.25, -0.2) is 0 Å². The molecule has 1 amide bonds. The molecule has 1 rings (SSSR count). The Morgan fingerprint density at radius 2 is 2.12 bits per heavy atom. The second-order valence-corrected chi connectivity index (χ2v) is 4.90. The third kappa shape index (κ3) is 4.80. The molecule has 0 unspecified atom stereocenters. The lowest BCUT2D eigenvalue weighted by atomic mass is 10.2. The average Bonchev–Trinajstić information content (AvgIpc) is 2.28. The highest BCUT2D eigenvalue weighted by Crippen LogP contribution is 2.26. The number of hydrogen-bond acceptors (Lipinski definition) is 1. The van der Waals surface area contributed by atoms with Crippen molar-refractivity contribution >= 4 is 35.2 Å². The first kappa shape index (κ1) is 14.1. The van der Waals surface area contributed by atoms with Crippen molar-refractivity contribution in [1.29, 1.82) is 0 Å². The molecule has 2 nitrogen and oxygen atoms in total. The first-order valence-electron chi connectivity index (χ1n) is 5.40. The zero-order valence-electron chi connectivity index (χ0n) is 9.84. The van der Waals surface area contributed by atoms with Crippen molar-refractivity contribution in [3.8, 4) is 0 Å². The van der Waals surface area contributed by atoms with Crippen LogP contribution in [0.15, 0.2) is 24.3 Å². The number of amides is 1. The van der Waals surface area contributed by atoms with Gasteiger partial charge >= 0.3 is 0 Å². The molecule has 0 aliphatic heterocycles. The van der Waals surface area contributed by atoms with Crippen LogP contribution in [0, 0.1) is 5.92 Å². The van der Waals surface area contributed by atoms with E-state index in [0.717, 1.165) is 5.56 Å². The molecule has 0 heterocycles. The Kier molecular flexibility index (Phi) is 5.52. The van der Waals surface area contributed by atoms with Crippen molar-refractivity contribution in [3.05, 3.63) is 39.9 Å². The fourth-order valence-electron chi connectivity index (χ4n) is 1.18. The standard InChI is InChI=1S/C13H15Cl2NO/c1-9(2)8-16-12(17)7-6-10-4-3-5-11(14)13(10)15/h3-7,9H,8H2,1-2H3,(H,16,17)/b7-6+. The summed E-state index contributed by atoms with van der Waals surface area (Å²) in [5, 5.41) is 3.73. The summed E-state index contributed by atoms with van der Waals surface area (Å²) < 4.78 is 0. The summed E-state index contributed by atoms with van der Waals surface area (Å²) in [5.41, 5.74) is 0.735. The second-order valence-electron chi connectivity index (χ2n) is 4.12. The summed E-state index contributed by atoms with van der Waals surface area (Å²) in [5.74, 6) is 0.303. The van der Waals surface area contributed by atoms with E-state index in [4.69, 9.17) is 23.2 Å². The van der Waals surface area contributed by atoms with E-state index >= 15 is 0 Å². The number of carbonyl (C=O) groups excluding carboxylic acids is 1. The number of nitrogens with one attached hydrogen (secondary N) is 1. The molecule has 4 heteroatoms. The Morgan fingerprint density at radius 1 is 1.41 bits per heavy atom. The Bertz CT molecular complexity index is 427.